The number of aryl methyl sites for hydroxylation is 1. The number of nitrogens with zero attached hydrogens (tertiary/aromatic N) is 2. The van der Waals surface area contributed by atoms with Gasteiger partial charge in [0.25, 0.3) is 10.0 Å². The molecule has 0 spiro atoms. The van der Waals surface area contributed by atoms with Gasteiger partial charge in [0.2, 0.25) is 11.8 Å². The molecule has 0 bridgehead atoms. The van der Waals surface area contributed by atoms with Crippen molar-refractivity contribution in [2.75, 3.05) is 10.8 Å². The fourth-order valence-electron chi connectivity index (χ4n) is 4.11. The van der Waals surface area contributed by atoms with Crippen LogP contribution in [-0.2, 0) is 26.2 Å². The molecule has 9 heteroatoms. The van der Waals surface area contributed by atoms with E-state index in [2.05, 4.69) is 5.32 Å². The molecule has 0 fully saturated rings. The van der Waals surface area contributed by atoms with Crippen LogP contribution >= 0.6 is 0 Å². The molecule has 3 aromatic carbocycles. The van der Waals surface area contributed by atoms with E-state index in [1.807, 2.05) is 52.0 Å². The van der Waals surface area contributed by atoms with Gasteiger partial charge >= 0.3 is 0 Å². The second-order valence-electron chi connectivity index (χ2n) is 9.55. The summed E-state index contributed by atoms with van der Waals surface area (Å²) in [6.07, 6.45) is 1.06. The van der Waals surface area contributed by atoms with Gasteiger partial charge in [0.1, 0.15) is 18.4 Å². The number of carbonyl (C=O) groups is 2. The Hall–Kier alpha value is -3.72. The Morgan fingerprint density at radius 3 is 2.08 bits per heavy atom. The Bertz CT molecular complexity index is 1350. The van der Waals surface area contributed by atoms with Crippen LogP contribution in [0.3, 0.4) is 0 Å². The molecule has 39 heavy (non-hydrogen) atoms. The van der Waals surface area contributed by atoms with Gasteiger partial charge in [-0.2, -0.15) is 0 Å². The van der Waals surface area contributed by atoms with Gasteiger partial charge in [0, 0.05) is 12.6 Å². The Labute approximate surface area is 230 Å². The lowest BCUT2D eigenvalue weighted by atomic mass is 10.1. The highest BCUT2D eigenvalue weighted by molar-refractivity contribution is 7.92. The number of halogens is 1. The maximum absolute atomic E-state index is 14.0. The van der Waals surface area contributed by atoms with Gasteiger partial charge in [0.15, 0.2) is 0 Å². The minimum Gasteiger partial charge on any atom is -0.352 e. The monoisotopic (exact) mass is 553 g/mol. The van der Waals surface area contributed by atoms with Crippen LogP contribution in [0.2, 0.25) is 0 Å². The molecule has 0 aliphatic rings. The van der Waals surface area contributed by atoms with Crippen LogP contribution in [0.1, 0.15) is 44.7 Å². The molecule has 3 aromatic rings. The van der Waals surface area contributed by atoms with Crippen molar-refractivity contribution >= 4 is 27.5 Å². The lowest BCUT2D eigenvalue weighted by molar-refractivity contribution is -0.140. The van der Waals surface area contributed by atoms with Gasteiger partial charge < -0.3 is 10.2 Å². The van der Waals surface area contributed by atoms with Gasteiger partial charge in [-0.15, -0.1) is 0 Å². The number of sulfonamides is 1. The van der Waals surface area contributed by atoms with Crippen LogP contribution < -0.4 is 9.62 Å². The fourth-order valence-corrected chi connectivity index (χ4v) is 5.54. The summed E-state index contributed by atoms with van der Waals surface area (Å²) in [6, 6.07) is 19.4. The first kappa shape index (κ1) is 29.8. The standard InChI is InChI=1S/C30H36FN3O4S/c1-5-23(4)32-30(36)28(6-2)33(20-24-14-12-22(3)13-15-24)29(35)21-34(26-18-16-25(31)17-19-26)39(37,38)27-10-8-7-9-11-27/h7-19,23,28H,5-6,20-21H2,1-4H3,(H,32,36). The van der Waals surface area contributed by atoms with Crippen LogP contribution in [0.5, 0.6) is 0 Å². The fraction of sp³-hybridized carbons (Fsp3) is 0.333. The van der Waals surface area contributed by atoms with E-state index in [0.717, 1.165) is 34.0 Å². The van der Waals surface area contributed by atoms with Crippen molar-refractivity contribution in [1.29, 1.82) is 0 Å². The topological polar surface area (TPSA) is 86.8 Å². The van der Waals surface area contributed by atoms with Gasteiger partial charge in [-0.3, -0.25) is 13.9 Å². The van der Waals surface area contributed by atoms with Crippen LogP contribution in [0, 0.1) is 12.7 Å². The van der Waals surface area contributed by atoms with Crippen molar-refractivity contribution in [2.45, 2.75) is 64.1 Å². The van der Waals surface area contributed by atoms with E-state index in [9.17, 15) is 22.4 Å². The molecule has 2 amide bonds. The summed E-state index contributed by atoms with van der Waals surface area (Å²) in [5, 5.41) is 2.95. The average Bonchev–Trinajstić information content (AvgIpc) is 2.93. The zero-order valence-electron chi connectivity index (χ0n) is 22.8. The number of amides is 2. The summed E-state index contributed by atoms with van der Waals surface area (Å²) < 4.78 is 42.1. The number of carbonyl (C=O) groups excluding carboxylic acids is 2. The van der Waals surface area contributed by atoms with E-state index < -0.39 is 34.3 Å². The first-order valence-corrected chi connectivity index (χ1v) is 14.5. The van der Waals surface area contributed by atoms with Crippen molar-refractivity contribution < 1.29 is 22.4 Å². The molecule has 0 aromatic heterocycles. The van der Waals surface area contributed by atoms with Crippen LogP contribution in [0.15, 0.2) is 83.8 Å². The molecule has 208 valence electrons. The third kappa shape index (κ3) is 7.66. The van der Waals surface area contributed by atoms with Gasteiger partial charge in [-0.25, -0.2) is 12.8 Å². The molecule has 0 aliphatic carbocycles. The average molecular weight is 554 g/mol. The number of nitrogens with one attached hydrogen (secondary N) is 1. The predicted molar refractivity (Wildman–Crippen MR) is 151 cm³/mol. The molecule has 1 N–H and O–H groups in total. The van der Waals surface area contributed by atoms with E-state index >= 15 is 0 Å². The van der Waals surface area contributed by atoms with Gasteiger partial charge in [-0.1, -0.05) is 61.9 Å². The van der Waals surface area contributed by atoms with E-state index in [0.29, 0.717) is 6.42 Å². The number of anilines is 1. The van der Waals surface area contributed by atoms with Crippen molar-refractivity contribution in [3.8, 4) is 0 Å². The highest BCUT2D eigenvalue weighted by atomic mass is 32.2. The molecule has 0 saturated heterocycles. The zero-order valence-corrected chi connectivity index (χ0v) is 23.6. The molecule has 2 atom stereocenters. The normalized spacial score (nSPS) is 12.8. The smallest absolute Gasteiger partial charge is 0.264 e. The van der Waals surface area contributed by atoms with Crippen LogP contribution in [-0.4, -0.2) is 43.8 Å². The van der Waals surface area contributed by atoms with Gasteiger partial charge in [0.05, 0.1) is 10.6 Å². The number of hydrogen-bond acceptors (Lipinski definition) is 4. The van der Waals surface area contributed by atoms with E-state index in [1.165, 1.54) is 29.2 Å². The third-order valence-corrected chi connectivity index (χ3v) is 8.37. The summed E-state index contributed by atoms with van der Waals surface area (Å²) in [5.74, 6) is -1.38. The van der Waals surface area contributed by atoms with E-state index in [-0.39, 0.29) is 29.1 Å². The second-order valence-corrected chi connectivity index (χ2v) is 11.4. The highest BCUT2D eigenvalue weighted by Gasteiger charge is 2.33. The lowest BCUT2D eigenvalue weighted by Gasteiger charge is -2.33. The maximum atomic E-state index is 14.0. The highest BCUT2D eigenvalue weighted by Crippen LogP contribution is 2.25. The SMILES string of the molecule is CCC(C)NC(=O)C(CC)N(Cc1ccc(C)cc1)C(=O)CN(c1ccc(F)cc1)S(=O)(=O)c1ccccc1. The summed E-state index contributed by atoms with van der Waals surface area (Å²) in [4.78, 5) is 28.7. The predicted octanol–water partition coefficient (Wildman–Crippen LogP) is 5.05. The van der Waals surface area contributed by atoms with E-state index in [1.54, 1.807) is 18.2 Å². The Morgan fingerprint density at radius 2 is 1.51 bits per heavy atom. The summed E-state index contributed by atoms with van der Waals surface area (Å²) in [5.41, 5.74) is 2.00. The molecule has 2 unspecified atom stereocenters. The zero-order chi connectivity index (χ0) is 28.6. The number of rotatable bonds is 12. The number of benzene rings is 3. The van der Waals surface area contributed by atoms with Crippen LogP contribution in [0.4, 0.5) is 10.1 Å². The second kappa shape index (κ2) is 13.4. The quantitative estimate of drug-likeness (QED) is 0.340. The summed E-state index contributed by atoms with van der Waals surface area (Å²) in [7, 11) is -4.19. The van der Waals surface area contributed by atoms with E-state index in [4.69, 9.17) is 0 Å². The van der Waals surface area contributed by atoms with Crippen molar-refractivity contribution in [3.05, 3.63) is 95.8 Å². The largest absolute Gasteiger partial charge is 0.352 e. The Morgan fingerprint density at radius 1 is 0.897 bits per heavy atom. The number of hydrogen-bond donors (Lipinski definition) is 1. The van der Waals surface area contributed by atoms with Crippen LogP contribution in [0.25, 0.3) is 0 Å². The van der Waals surface area contributed by atoms with Crippen molar-refractivity contribution in [2.24, 2.45) is 0 Å². The molecule has 0 radical (unpaired) electrons. The molecule has 0 heterocycles. The first-order chi connectivity index (χ1) is 18.6. The van der Waals surface area contributed by atoms with Crippen molar-refractivity contribution in [3.63, 3.8) is 0 Å². The minimum absolute atomic E-state index is 0.00577. The van der Waals surface area contributed by atoms with Gasteiger partial charge in [-0.05, 0) is 68.7 Å². The Balaban J connectivity index is 2.03. The molecule has 0 saturated carbocycles. The molecule has 3 rings (SSSR count). The molecular formula is C30H36FN3O4S. The molecule has 0 aliphatic heterocycles. The molecular weight excluding hydrogens is 517 g/mol. The Kier molecular flexibility index (Phi) is 10.2. The minimum atomic E-state index is -4.19. The molecule has 7 nitrogen and oxygen atoms in total. The summed E-state index contributed by atoms with van der Waals surface area (Å²) in [6.45, 7) is 7.16. The van der Waals surface area contributed by atoms with Crippen molar-refractivity contribution in [1.82, 2.24) is 10.2 Å². The lowest BCUT2D eigenvalue weighted by Crippen LogP contribution is -2.53. The summed E-state index contributed by atoms with van der Waals surface area (Å²) >= 11 is 0. The maximum Gasteiger partial charge on any atom is 0.264 e. The third-order valence-electron chi connectivity index (χ3n) is 6.59. The first-order valence-electron chi connectivity index (χ1n) is 13.1.